The molecular weight excluding hydrogens is 691 g/mol. The van der Waals surface area contributed by atoms with Gasteiger partial charge in [-0.15, -0.1) is 0 Å². The topological polar surface area (TPSA) is 99.8 Å². The van der Waals surface area contributed by atoms with Crippen LogP contribution in [-0.4, -0.2) is 60.5 Å². The van der Waals surface area contributed by atoms with Crippen molar-refractivity contribution in [2.24, 2.45) is 7.05 Å². The Hall–Kier alpha value is -5.84. The second-order valence-corrected chi connectivity index (χ2v) is 15.5. The summed E-state index contributed by atoms with van der Waals surface area (Å²) < 4.78 is 22.5. The average molecular weight is 740 g/mol. The maximum atomic E-state index is 13.0. The number of rotatable bonds is 9. The summed E-state index contributed by atoms with van der Waals surface area (Å²) in [5.74, 6) is 2.29. The first-order valence-electron chi connectivity index (χ1n) is 19.2. The van der Waals surface area contributed by atoms with E-state index in [1.807, 2.05) is 110 Å². The molecule has 0 N–H and O–H groups in total. The van der Waals surface area contributed by atoms with E-state index < -0.39 is 5.60 Å². The van der Waals surface area contributed by atoms with Gasteiger partial charge in [0.2, 0.25) is 11.8 Å². The molecule has 2 aliphatic rings. The molecule has 8 rings (SSSR count). The van der Waals surface area contributed by atoms with Crippen LogP contribution in [0.25, 0.3) is 22.2 Å². The van der Waals surface area contributed by atoms with E-state index in [0.717, 1.165) is 88.7 Å². The van der Waals surface area contributed by atoms with E-state index >= 15 is 0 Å². The molecule has 6 aromatic rings. The van der Waals surface area contributed by atoms with Crippen molar-refractivity contribution < 1.29 is 19.0 Å². The standard InChI is InChI=1S/C44H49N7O4/c1-30-45-39(37-27-50(25-26-51(30)37)43(52)55-44(2,3)4)33-21-23-49(24-22-33)36-18-12-17-34-40(47-48(5)41(34)36)35-19-20-38(53-28-31-13-8-6-9-14-31)46-42(35)54-29-32-15-10-7-11-16-32/h6-20,33H,21-29H2,1-5H3. The van der Waals surface area contributed by atoms with E-state index in [1.165, 1.54) is 0 Å². The summed E-state index contributed by atoms with van der Waals surface area (Å²) >= 11 is 0. The number of ether oxygens (including phenoxy) is 3. The third-order valence-corrected chi connectivity index (χ3v) is 10.5. The van der Waals surface area contributed by atoms with Gasteiger partial charge in [0.1, 0.15) is 30.3 Å². The molecule has 3 aromatic heterocycles. The van der Waals surface area contributed by atoms with Crippen LogP contribution in [0.5, 0.6) is 11.8 Å². The Bertz CT molecular complexity index is 2290. The number of carbonyl (C=O) groups excluding carboxylic acids is 1. The second kappa shape index (κ2) is 15.1. The Morgan fingerprint density at radius 3 is 2.18 bits per heavy atom. The molecule has 0 aliphatic carbocycles. The van der Waals surface area contributed by atoms with Crippen LogP contribution >= 0.6 is 0 Å². The van der Waals surface area contributed by atoms with Crippen molar-refractivity contribution in [3.8, 4) is 23.0 Å². The SMILES string of the molecule is Cc1nc(C2CCN(c3cccc4c(-c5ccc(OCc6ccccc6)nc5OCc5ccccc5)nn(C)c34)CC2)c2n1CCN(C(=O)OC(C)(C)C)C2. The van der Waals surface area contributed by atoms with Crippen molar-refractivity contribution in [2.75, 3.05) is 24.5 Å². The van der Waals surface area contributed by atoms with Gasteiger partial charge in [-0.05, 0) is 63.8 Å². The average Bonchev–Trinajstić information content (AvgIpc) is 3.72. The van der Waals surface area contributed by atoms with Gasteiger partial charge in [-0.3, -0.25) is 4.68 Å². The number of benzene rings is 3. The number of carbonyl (C=O) groups is 1. The number of nitrogens with zero attached hydrogens (tertiary/aromatic N) is 7. The Morgan fingerprint density at radius 2 is 1.49 bits per heavy atom. The molecule has 0 bridgehead atoms. The summed E-state index contributed by atoms with van der Waals surface area (Å²) in [5.41, 5.74) is 7.69. The van der Waals surface area contributed by atoms with Crippen LogP contribution in [0.15, 0.2) is 91.0 Å². The molecule has 0 saturated carbocycles. The summed E-state index contributed by atoms with van der Waals surface area (Å²) in [6.07, 6.45) is 1.66. The summed E-state index contributed by atoms with van der Waals surface area (Å²) in [6, 6.07) is 30.5. The predicted molar refractivity (Wildman–Crippen MR) is 213 cm³/mol. The Kier molecular flexibility index (Phi) is 9.94. The number of hydrogen-bond acceptors (Lipinski definition) is 8. The van der Waals surface area contributed by atoms with Gasteiger partial charge in [0.25, 0.3) is 0 Å². The van der Waals surface area contributed by atoms with Crippen LogP contribution in [0.3, 0.4) is 0 Å². The number of hydrogen-bond donors (Lipinski definition) is 0. The molecule has 3 aromatic carbocycles. The molecular formula is C44H49N7O4. The zero-order valence-electron chi connectivity index (χ0n) is 32.4. The molecule has 11 heteroatoms. The van der Waals surface area contributed by atoms with Gasteiger partial charge in [0.05, 0.1) is 34.7 Å². The Balaban J connectivity index is 1.03. The smallest absolute Gasteiger partial charge is 0.410 e. The van der Waals surface area contributed by atoms with Crippen LogP contribution < -0.4 is 14.4 Å². The normalized spacial score (nSPS) is 14.9. The largest absolute Gasteiger partial charge is 0.473 e. The first-order valence-corrected chi connectivity index (χ1v) is 19.2. The summed E-state index contributed by atoms with van der Waals surface area (Å²) in [4.78, 5) is 27.2. The summed E-state index contributed by atoms with van der Waals surface area (Å²) in [5, 5.41) is 6.12. The third-order valence-electron chi connectivity index (χ3n) is 10.5. The zero-order valence-corrected chi connectivity index (χ0v) is 32.4. The molecule has 5 heterocycles. The van der Waals surface area contributed by atoms with E-state index in [0.29, 0.717) is 44.0 Å². The lowest BCUT2D eigenvalue weighted by molar-refractivity contribution is 0.0197. The molecule has 0 unspecified atom stereocenters. The number of anilines is 1. The lowest BCUT2D eigenvalue weighted by atomic mass is 9.91. The fourth-order valence-corrected chi connectivity index (χ4v) is 7.80. The molecule has 55 heavy (non-hydrogen) atoms. The van der Waals surface area contributed by atoms with Gasteiger partial charge in [0.15, 0.2) is 0 Å². The van der Waals surface area contributed by atoms with Crippen molar-refractivity contribution in [3.63, 3.8) is 0 Å². The number of para-hydroxylation sites is 1. The minimum atomic E-state index is -0.532. The number of piperidine rings is 1. The maximum absolute atomic E-state index is 13.0. The molecule has 11 nitrogen and oxygen atoms in total. The van der Waals surface area contributed by atoms with Crippen molar-refractivity contribution >= 4 is 22.7 Å². The molecule has 1 saturated heterocycles. The molecule has 0 radical (unpaired) electrons. The fraction of sp³-hybridized carbons (Fsp3) is 0.364. The fourth-order valence-electron chi connectivity index (χ4n) is 7.80. The number of fused-ring (bicyclic) bond motifs is 2. The quantitative estimate of drug-likeness (QED) is 0.146. The predicted octanol–water partition coefficient (Wildman–Crippen LogP) is 8.43. The van der Waals surface area contributed by atoms with Crippen molar-refractivity contribution in [1.29, 1.82) is 0 Å². The highest BCUT2D eigenvalue weighted by atomic mass is 16.6. The number of aromatic nitrogens is 5. The highest BCUT2D eigenvalue weighted by molar-refractivity contribution is 6.01. The minimum absolute atomic E-state index is 0.264. The van der Waals surface area contributed by atoms with E-state index in [4.69, 9.17) is 29.3 Å². The number of pyridine rings is 1. The number of amides is 1. The van der Waals surface area contributed by atoms with Crippen molar-refractivity contribution in [1.82, 2.24) is 29.2 Å². The van der Waals surface area contributed by atoms with Gasteiger partial charge < -0.3 is 28.6 Å². The van der Waals surface area contributed by atoms with Crippen molar-refractivity contribution in [2.45, 2.75) is 78.4 Å². The van der Waals surface area contributed by atoms with E-state index in [9.17, 15) is 4.79 Å². The lowest BCUT2D eigenvalue weighted by Gasteiger charge is -2.35. The molecule has 1 amide bonds. The zero-order chi connectivity index (χ0) is 38.1. The van der Waals surface area contributed by atoms with E-state index in [2.05, 4.69) is 34.6 Å². The van der Waals surface area contributed by atoms with E-state index in [-0.39, 0.29) is 6.09 Å². The lowest BCUT2D eigenvalue weighted by Crippen LogP contribution is -2.42. The molecule has 0 spiro atoms. The second-order valence-electron chi connectivity index (χ2n) is 15.5. The molecule has 284 valence electrons. The first kappa shape index (κ1) is 36.2. The summed E-state index contributed by atoms with van der Waals surface area (Å²) in [6.45, 7) is 12.2. The first-order chi connectivity index (χ1) is 26.6. The van der Waals surface area contributed by atoms with Gasteiger partial charge in [0, 0.05) is 50.6 Å². The van der Waals surface area contributed by atoms with Gasteiger partial charge in [-0.1, -0.05) is 72.8 Å². The third kappa shape index (κ3) is 7.74. The van der Waals surface area contributed by atoms with Crippen LogP contribution in [-0.2, 0) is 38.1 Å². The highest BCUT2D eigenvalue weighted by Crippen LogP contribution is 2.40. The highest BCUT2D eigenvalue weighted by Gasteiger charge is 2.33. The van der Waals surface area contributed by atoms with Gasteiger partial charge in [-0.25, -0.2) is 9.78 Å². The van der Waals surface area contributed by atoms with E-state index in [1.54, 1.807) is 0 Å². The number of imidazole rings is 1. The maximum Gasteiger partial charge on any atom is 0.410 e. The summed E-state index contributed by atoms with van der Waals surface area (Å²) in [7, 11) is 2.01. The van der Waals surface area contributed by atoms with Crippen LogP contribution in [0.2, 0.25) is 0 Å². The van der Waals surface area contributed by atoms with Crippen LogP contribution in [0, 0.1) is 6.92 Å². The van der Waals surface area contributed by atoms with Gasteiger partial charge in [-0.2, -0.15) is 10.1 Å². The molecule has 1 fully saturated rings. The van der Waals surface area contributed by atoms with Crippen LogP contribution in [0.1, 0.15) is 67.9 Å². The Morgan fingerprint density at radius 1 is 0.800 bits per heavy atom. The molecule has 2 aliphatic heterocycles. The minimum Gasteiger partial charge on any atom is -0.473 e. The Labute approximate surface area is 322 Å². The molecule has 0 atom stereocenters. The monoisotopic (exact) mass is 739 g/mol. The number of aryl methyl sites for hydroxylation is 2. The van der Waals surface area contributed by atoms with Crippen molar-refractivity contribution in [3.05, 3.63) is 119 Å². The van der Waals surface area contributed by atoms with Gasteiger partial charge >= 0.3 is 6.09 Å². The van der Waals surface area contributed by atoms with Crippen LogP contribution in [0.4, 0.5) is 10.5 Å².